The lowest BCUT2D eigenvalue weighted by atomic mass is 10.5. The Morgan fingerprint density at radius 3 is 2.57 bits per heavy atom. The van der Waals surface area contributed by atoms with Gasteiger partial charge in [-0.1, -0.05) is 18.5 Å². The van der Waals surface area contributed by atoms with Crippen LogP contribution in [-0.4, -0.2) is 18.2 Å². The second kappa shape index (κ2) is 3.88. The van der Waals surface area contributed by atoms with Crippen molar-refractivity contribution in [3.05, 3.63) is 10.7 Å². The summed E-state index contributed by atoms with van der Waals surface area (Å²) in [6, 6.07) is 0. The molecule has 1 aromatic rings. The molecule has 0 atom stereocenters. The van der Waals surface area contributed by atoms with Crippen LogP contribution >= 0.6 is 11.6 Å². The van der Waals surface area contributed by atoms with Gasteiger partial charge in [-0.25, -0.2) is 13.6 Å². The number of hydrogen-bond donors (Lipinski definition) is 1. The van der Waals surface area contributed by atoms with Gasteiger partial charge in [0.2, 0.25) is 0 Å². The van der Waals surface area contributed by atoms with Crippen molar-refractivity contribution >= 4 is 21.6 Å². The summed E-state index contributed by atoms with van der Waals surface area (Å²) in [5.41, 5.74) is 0.476. The van der Waals surface area contributed by atoms with Crippen LogP contribution in [0.1, 0.15) is 19.0 Å². The Balaban J connectivity index is 3.38. The lowest BCUT2D eigenvalue weighted by Crippen LogP contribution is -2.18. The monoisotopic (exact) mass is 237 g/mol. The van der Waals surface area contributed by atoms with E-state index in [9.17, 15) is 8.42 Å². The molecule has 0 radical (unpaired) electrons. The van der Waals surface area contributed by atoms with E-state index in [4.69, 9.17) is 16.7 Å². The maximum absolute atomic E-state index is 11.2. The van der Waals surface area contributed by atoms with Gasteiger partial charge in [0.15, 0.2) is 5.03 Å². The Labute approximate surface area is 87.9 Å². The summed E-state index contributed by atoms with van der Waals surface area (Å²) in [5, 5.41) is 9.03. The summed E-state index contributed by atoms with van der Waals surface area (Å²) in [5.74, 6) is 0. The summed E-state index contributed by atoms with van der Waals surface area (Å²) in [4.78, 5) is 0. The fraction of sp³-hybridized carbons (Fsp3) is 0.571. The summed E-state index contributed by atoms with van der Waals surface area (Å²) < 4.78 is 23.7. The molecule has 0 saturated carbocycles. The Morgan fingerprint density at radius 2 is 2.14 bits per heavy atom. The Kier molecular flexibility index (Phi) is 3.18. The standard InChI is InChI=1S/C7H12ClN3O2S/c1-3-4-11-7(14(9,12)13)6(8)5(2)10-11/h3-4H2,1-2H3,(H2,9,12,13). The zero-order chi connectivity index (χ0) is 10.9. The molecule has 7 heteroatoms. The normalized spacial score (nSPS) is 12.0. The molecule has 0 spiro atoms. The first-order valence-corrected chi connectivity index (χ1v) is 6.06. The molecule has 1 heterocycles. The van der Waals surface area contributed by atoms with Crippen molar-refractivity contribution in [3.63, 3.8) is 0 Å². The first kappa shape index (κ1) is 11.5. The highest BCUT2D eigenvalue weighted by molar-refractivity contribution is 7.89. The summed E-state index contributed by atoms with van der Waals surface area (Å²) in [7, 11) is -3.80. The van der Waals surface area contributed by atoms with Crippen molar-refractivity contribution in [1.82, 2.24) is 9.78 Å². The largest absolute Gasteiger partial charge is 0.256 e. The van der Waals surface area contributed by atoms with Crippen LogP contribution in [0.25, 0.3) is 0 Å². The average molecular weight is 238 g/mol. The lowest BCUT2D eigenvalue weighted by molar-refractivity contribution is 0.529. The highest BCUT2D eigenvalue weighted by Gasteiger charge is 2.22. The van der Waals surface area contributed by atoms with Gasteiger partial charge in [-0.3, -0.25) is 4.68 Å². The summed E-state index contributed by atoms with van der Waals surface area (Å²) in [6.45, 7) is 4.04. The predicted molar refractivity (Wildman–Crippen MR) is 53.6 cm³/mol. The second-order valence-electron chi connectivity index (χ2n) is 2.97. The van der Waals surface area contributed by atoms with Gasteiger partial charge in [-0.05, 0) is 13.3 Å². The topological polar surface area (TPSA) is 78.0 Å². The molecule has 0 saturated heterocycles. The quantitative estimate of drug-likeness (QED) is 0.849. The molecule has 0 aliphatic rings. The van der Waals surface area contributed by atoms with Crippen molar-refractivity contribution in [2.75, 3.05) is 0 Å². The molecule has 0 aliphatic heterocycles. The zero-order valence-electron chi connectivity index (χ0n) is 7.99. The van der Waals surface area contributed by atoms with E-state index in [1.165, 1.54) is 4.68 Å². The third-order valence-corrected chi connectivity index (χ3v) is 3.23. The third-order valence-electron chi connectivity index (χ3n) is 1.72. The molecule has 5 nitrogen and oxygen atoms in total. The molecule has 0 aliphatic carbocycles. The average Bonchev–Trinajstić information content (AvgIpc) is 2.27. The molecule has 0 unspecified atom stereocenters. The lowest BCUT2D eigenvalue weighted by Gasteiger charge is -2.03. The smallest absolute Gasteiger partial charge is 0.251 e. The van der Waals surface area contributed by atoms with E-state index >= 15 is 0 Å². The van der Waals surface area contributed by atoms with E-state index in [0.29, 0.717) is 12.2 Å². The number of aromatic nitrogens is 2. The van der Waals surface area contributed by atoms with E-state index in [2.05, 4.69) is 5.10 Å². The SMILES string of the molecule is CCCn1nc(C)c(Cl)c1S(N)(=O)=O. The van der Waals surface area contributed by atoms with E-state index < -0.39 is 10.0 Å². The number of hydrogen-bond acceptors (Lipinski definition) is 3. The van der Waals surface area contributed by atoms with Crippen LogP contribution in [-0.2, 0) is 16.6 Å². The van der Waals surface area contributed by atoms with Crippen LogP contribution in [0.5, 0.6) is 0 Å². The van der Waals surface area contributed by atoms with E-state index in [1.54, 1.807) is 6.92 Å². The molecule has 1 rings (SSSR count). The van der Waals surface area contributed by atoms with Crippen molar-refractivity contribution < 1.29 is 8.42 Å². The number of sulfonamides is 1. The number of rotatable bonds is 3. The number of halogens is 1. The number of primary sulfonamides is 1. The molecular weight excluding hydrogens is 226 g/mol. The molecule has 2 N–H and O–H groups in total. The molecule has 0 bridgehead atoms. The highest BCUT2D eigenvalue weighted by Crippen LogP contribution is 2.23. The Morgan fingerprint density at radius 1 is 1.57 bits per heavy atom. The van der Waals surface area contributed by atoms with Crippen LogP contribution in [0.15, 0.2) is 5.03 Å². The van der Waals surface area contributed by atoms with Crippen LogP contribution in [0.3, 0.4) is 0 Å². The van der Waals surface area contributed by atoms with Gasteiger partial charge in [-0.15, -0.1) is 0 Å². The van der Waals surface area contributed by atoms with Crippen LogP contribution in [0.2, 0.25) is 5.02 Å². The first-order valence-electron chi connectivity index (χ1n) is 4.13. The Hall–Kier alpha value is -0.590. The molecule has 0 amide bonds. The third kappa shape index (κ3) is 2.08. The van der Waals surface area contributed by atoms with E-state index in [1.807, 2.05) is 6.92 Å². The molecule has 1 aromatic heterocycles. The Bertz CT molecular complexity index is 438. The molecule has 14 heavy (non-hydrogen) atoms. The summed E-state index contributed by atoms with van der Waals surface area (Å²) >= 11 is 5.79. The number of aryl methyl sites for hydroxylation is 2. The zero-order valence-corrected chi connectivity index (χ0v) is 9.56. The van der Waals surface area contributed by atoms with Gasteiger partial charge in [-0.2, -0.15) is 5.10 Å². The first-order chi connectivity index (χ1) is 6.38. The number of nitrogens with two attached hydrogens (primary N) is 1. The van der Waals surface area contributed by atoms with Gasteiger partial charge in [0, 0.05) is 6.54 Å². The predicted octanol–water partition coefficient (Wildman–Crippen LogP) is 0.902. The van der Waals surface area contributed by atoms with Crippen molar-refractivity contribution in [1.29, 1.82) is 0 Å². The van der Waals surface area contributed by atoms with Crippen LogP contribution in [0.4, 0.5) is 0 Å². The van der Waals surface area contributed by atoms with Crippen LogP contribution in [0, 0.1) is 6.92 Å². The van der Waals surface area contributed by atoms with Crippen molar-refractivity contribution in [2.24, 2.45) is 5.14 Å². The maximum atomic E-state index is 11.2. The minimum atomic E-state index is -3.80. The molecule has 80 valence electrons. The molecule has 0 aromatic carbocycles. The summed E-state index contributed by atoms with van der Waals surface area (Å²) in [6.07, 6.45) is 0.764. The van der Waals surface area contributed by atoms with E-state index in [-0.39, 0.29) is 10.0 Å². The minimum absolute atomic E-state index is 0.0986. The fourth-order valence-electron chi connectivity index (χ4n) is 1.17. The maximum Gasteiger partial charge on any atom is 0.256 e. The highest BCUT2D eigenvalue weighted by atomic mass is 35.5. The van der Waals surface area contributed by atoms with Crippen molar-refractivity contribution in [2.45, 2.75) is 31.8 Å². The van der Waals surface area contributed by atoms with Gasteiger partial charge >= 0.3 is 0 Å². The van der Waals surface area contributed by atoms with Crippen LogP contribution < -0.4 is 5.14 Å². The van der Waals surface area contributed by atoms with Gasteiger partial charge in [0.25, 0.3) is 10.0 Å². The fourth-order valence-corrected chi connectivity index (χ4v) is 2.45. The van der Waals surface area contributed by atoms with Gasteiger partial charge in [0.1, 0.15) is 5.02 Å². The second-order valence-corrected chi connectivity index (χ2v) is 4.83. The van der Waals surface area contributed by atoms with Gasteiger partial charge in [0.05, 0.1) is 5.69 Å². The minimum Gasteiger partial charge on any atom is -0.251 e. The molecule has 0 fully saturated rings. The molecular formula is C7H12ClN3O2S. The van der Waals surface area contributed by atoms with Crippen molar-refractivity contribution in [3.8, 4) is 0 Å². The van der Waals surface area contributed by atoms with E-state index in [0.717, 1.165) is 6.42 Å². The number of nitrogens with zero attached hydrogens (tertiary/aromatic N) is 2. The van der Waals surface area contributed by atoms with Gasteiger partial charge < -0.3 is 0 Å².